The Morgan fingerprint density at radius 1 is 1.54 bits per heavy atom. The lowest BCUT2D eigenvalue weighted by atomic mass is 10.1. The number of hydrogen-bond acceptors (Lipinski definition) is 6. The second-order valence-electron chi connectivity index (χ2n) is 5.90. The molecule has 1 fully saturated rings. The molecule has 0 bridgehead atoms. The van der Waals surface area contributed by atoms with E-state index in [9.17, 15) is 9.65 Å². The van der Waals surface area contributed by atoms with Crippen molar-refractivity contribution in [3.05, 3.63) is 11.8 Å². The van der Waals surface area contributed by atoms with Crippen molar-refractivity contribution in [1.82, 2.24) is 14.8 Å². The molecule has 2 heterocycles. The van der Waals surface area contributed by atoms with Gasteiger partial charge in [-0.2, -0.15) is 5.26 Å². The number of nitriles is 1. The third-order valence-corrected chi connectivity index (χ3v) is 3.67. The lowest BCUT2D eigenvalue weighted by Crippen LogP contribution is -2.45. The van der Waals surface area contributed by atoms with E-state index in [1.807, 2.05) is 26.0 Å². The average Bonchev–Trinajstić information content (AvgIpc) is 2.55. The molecule has 1 saturated heterocycles. The SMILES string of the molecule is COc1ncc(/N=C/N(C)C)c(C#N)c1O[C@@H]1CCN(C)C[C@@H]1F. The van der Waals surface area contributed by atoms with Crippen molar-refractivity contribution in [2.75, 3.05) is 41.3 Å². The first-order chi connectivity index (χ1) is 11.5. The number of alkyl halides is 1. The summed E-state index contributed by atoms with van der Waals surface area (Å²) >= 11 is 0. The molecule has 1 aliphatic heterocycles. The number of nitrogens with zero attached hydrogens (tertiary/aromatic N) is 5. The predicted molar refractivity (Wildman–Crippen MR) is 88.8 cm³/mol. The van der Waals surface area contributed by atoms with Gasteiger partial charge in [0, 0.05) is 27.2 Å². The molecule has 0 saturated carbocycles. The minimum Gasteiger partial charge on any atom is -0.480 e. The smallest absolute Gasteiger partial charge is 0.258 e. The molecule has 0 aromatic carbocycles. The van der Waals surface area contributed by atoms with E-state index in [2.05, 4.69) is 16.0 Å². The van der Waals surface area contributed by atoms with E-state index in [1.165, 1.54) is 13.3 Å². The van der Waals surface area contributed by atoms with Gasteiger partial charge in [-0.1, -0.05) is 0 Å². The van der Waals surface area contributed by atoms with Crippen molar-refractivity contribution in [3.63, 3.8) is 0 Å². The highest BCUT2D eigenvalue weighted by Crippen LogP contribution is 2.36. The molecule has 0 radical (unpaired) electrons. The summed E-state index contributed by atoms with van der Waals surface area (Å²) in [6.07, 6.45) is 1.73. The molecule has 0 aliphatic carbocycles. The van der Waals surface area contributed by atoms with E-state index in [0.717, 1.165) is 6.54 Å². The Morgan fingerprint density at radius 3 is 2.88 bits per heavy atom. The molecule has 1 aromatic rings. The zero-order valence-electron chi connectivity index (χ0n) is 14.4. The Morgan fingerprint density at radius 2 is 2.29 bits per heavy atom. The van der Waals surface area contributed by atoms with Gasteiger partial charge in [0.25, 0.3) is 5.88 Å². The lowest BCUT2D eigenvalue weighted by molar-refractivity contribution is 0.0293. The second kappa shape index (κ2) is 7.93. The molecule has 24 heavy (non-hydrogen) atoms. The summed E-state index contributed by atoms with van der Waals surface area (Å²) in [4.78, 5) is 12.0. The van der Waals surface area contributed by atoms with Gasteiger partial charge < -0.3 is 19.3 Å². The summed E-state index contributed by atoms with van der Waals surface area (Å²) in [5, 5.41) is 9.52. The number of halogens is 1. The highest BCUT2D eigenvalue weighted by molar-refractivity contribution is 5.68. The van der Waals surface area contributed by atoms with Gasteiger partial charge in [-0.05, 0) is 13.5 Å². The molecular formula is C16H22FN5O2. The standard InChI is InChI=1S/C16H22FN5O2/c1-21(2)10-20-13-8-19-16(23-4)15(11(13)7-18)24-14-5-6-22(3)9-12(14)17/h8,10,12,14H,5-6,9H2,1-4H3/b20-10+/t12-,14+/m0/s1. The number of pyridine rings is 1. The molecule has 7 nitrogen and oxygen atoms in total. The van der Waals surface area contributed by atoms with E-state index in [0.29, 0.717) is 18.7 Å². The quantitative estimate of drug-likeness (QED) is 0.601. The van der Waals surface area contributed by atoms with E-state index < -0.39 is 12.3 Å². The number of ether oxygens (including phenoxy) is 2. The molecule has 8 heteroatoms. The molecule has 1 aromatic heterocycles. The zero-order chi connectivity index (χ0) is 17.7. The third-order valence-electron chi connectivity index (χ3n) is 3.67. The van der Waals surface area contributed by atoms with Gasteiger partial charge in [0.1, 0.15) is 29.6 Å². The number of aromatic nitrogens is 1. The van der Waals surface area contributed by atoms with Crippen molar-refractivity contribution >= 4 is 12.0 Å². The Labute approximate surface area is 141 Å². The fourth-order valence-corrected chi connectivity index (χ4v) is 2.42. The molecule has 2 atom stereocenters. The number of rotatable bonds is 5. The lowest BCUT2D eigenvalue weighted by Gasteiger charge is -2.32. The van der Waals surface area contributed by atoms with Gasteiger partial charge in [-0.3, -0.25) is 0 Å². The molecule has 1 aliphatic rings. The fourth-order valence-electron chi connectivity index (χ4n) is 2.42. The van der Waals surface area contributed by atoms with E-state index in [-0.39, 0.29) is 17.2 Å². The summed E-state index contributed by atoms with van der Waals surface area (Å²) in [5.74, 6) is 0.298. The van der Waals surface area contributed by atoms with Crippen molar-refractivity contribution < 1.29 is 13.9 Å². The molecule has 0 unspecified atom stereocenters. The largest absolute Gasteiger partial charge is 0.480 e. The van der Waals surface area contributed by atoms with Crippen molar-refractivity contribution in [2.45, 2.75) is 18.7 Å². The van der Waals surface area contributed by atoms with Crippen LogP contribution >= 0.6 is 0 Å². The van der Waals surface area contributed by atoms with Gasteiger partial charge >= 0.3 is 0 Å². The molecule has 130 valence electrons. The highest BCUT2D eigenvalue weighted by Gasteiger charge is 2.31. The van der Waals surface area contributed by atoms with E-state index >= 15 is 0 Å². The first kappa shape index (κ1) is 17.9. The number of aliphatic imine (C=N–C) groups is 1. The van der Waals surface area contributed by atoms with Gasteiger partial charge in [0.15, 0.2) is 0 Å². The summed E-state index contributed by atoms with van der Waals surface area (Å²) in [6, 6.07) is 2.07. The van der Waals surface area contributed by atoms with Crippen molar-refractivity contribution in [1.29, 1.82) is 5.26 Å². The second-order valence-corrected chi connectivity index (χ2v) is 5.90. The first-order valence-corrected chi connectivity index (χ1v) is 7.63. The van der Waals surface area contributed by atoms with Gasteiger partial charge in [-0.15, -0.1) is 0 Å². The minimum atomic E-state index is -1.14. The maximum absolute atomic E-state index is 14.3. The van der Waals surface area contributed by atoms with Crippen LogP contribution in [0.3, 0.4) is 0 Å². The normalized spacial score (nSPS) is 21.5. The summed E-state index contributed by atoms with van der Waals surface area (Å²) in [6.45, 7) is 1.02. The number of hydrogen-bond donors (Lipinski definition) is 0. The van der Waals surface area contributed by atoms with Crippen molar-refractivity contribution in [3.8, 4) is 17.7 Å². The van der Waals surface area contributed by atoms with Gasteiger partial charge in [-0.25, -0.2) is 14.4 Å². The maximum atomic E-state index is 14.3. The van der Waals surface area contributed by atoms with Crippen LogP contribution in [0.15, 0.2) is 11.2 Å². The average molecular weight is 335 g/mol. The molecule has 0 spiro atoms. The Balaban J connectivity index is 2.36. The molecule has 0 N–H and O–H groups in total. The fraction of sp³-hybridized carbons (Fsp3) is 0.562. The molecule has 2 rings (SSSR count). The summed E-state index contributed by atoms with van der Waals surface area (Å²) < 4.78 is 25.3. The van der Waals surface area contributed by atoms with Crippen LogP contribution in [0, 0.1) is 11.3 Å². The van der Waals surface area contributed by atoms with Crippen LogP contribution < -0.4 is 9.47 Å². The Kier molecular flexibility index (Phi) is 5.93. The molecule has 0 amide bonds. The number of piperidine rings is 1. The van der Waals surface area contributed by atoms with Crippen molar-refractivity contribution in [2.24, 2.45) is 4.99 Å². The maximum Gasteiger partial charge on any atom is 0.258 e. The molecular weight excluding hydrogens is 313 g/mol. The van der Waals surface area contributed by atoms with Crippen LogP contribution in [0.5, 0.6) is 11.6 Å². The minimum absolute atomic E-state index is 0.144. The van der Waals surface area contributed by atoms with Crippen LogP contribution in [-0.4, -0.2) is 74.7 Å². The number of likely N-dealkylation sites (tertiary alicyclic amines) is 1. The van der Waals surface area contributed by atoms with Crippen LogP contribution in [0.2, 0.25) is 0 Å². The third kappa shape index (κ3) is 4.11. The van der Waals surface area contributed by atoms with E-state index in [1.54, 1.807) is 11.2 Å². The van der Waals surface area contributed by atoms with E-state index in [4.69, 9.17) is 9.47 Å². The van der Waals surface area contributed by atoms with Gasteiger partial charge in [0.05, 0.1) is 19.6 Å². The van der Waals surface area contributed by atoms with Crippen LogP contribution in [0.4, 0.5) is 10.1 Å². The van der Waals surface area contributed by atoms with Crippen LogP contribution in [0.1, 0.15) is 12.0 Å². The van der Waals surface area contributed by atoms with Gasteiger partial charge in [0.2, 0.25) is 5.75 Å². The zero-order valence-corrected chi connectivity index (χ0v) is 14.4. The topological polar surface area (TPSA) is 74.0 Å². The highest BCUT2D eigenvalue weighted by atomic mass is 19.1. The monoisotopic (exact) mass is 335 g/mol. The Bertz CT molecular complexity index is 644. The summed E-state index contributed by atoms with van der Waals surface area (Å²) in [5.41, 5.74) is 0.538. The summed E-state index contributed by atoms with van der Waals surface area (Å²) in [7, 11) is 6.93. The predicted octanol–water partition coefficient (Wildman–Crippen LogP) is 1.60. The van der Waals surface area contributed by atoms with Crippen LogP contribution in [-0.2, 0) is 0 Å². The van der Waals surface area contributed by atoms with Crippen LogP contribution in [0.25, 0.3) is 0 Å². The Hall–Kier alpha value is -2.40. The number of methoxy groups -OCH3 is 1. The first-order valence-electron chi connectivity index (χ1n) is 7.63.